The molecule has 2 aromatic carbocycles. The first-order chi connectivity index (χ1) is 21.7. The minimum atomic E-state index is -1.96. The molecule has 3 aromatic rings. The maximum absolute atomic E-state index is 13.9. The zero-order chi connectivity index (χ0) is 33.6. The van der Waals surface area contributed by atoms with E-state index in [1.807, 2.05) is 0 Å². The Morgan fingerprint density at radius 1 is 0.783 bits per heavy atom. The minimum absolute atomic E-state index is 0.0607. The van der Waals surface area contributed by atoms with Crippen LogP contribution < -0.4 is 14.9 Å². The van der Waals surface area contributed by atoms with Crippen molar-refractivity contribution < 1.29 is 78.9 Å². The number of benzene rings is 2. The van der Waals surface area contributed by atoms with Crippen LogP contribution in [-0.4, -0.2) is 120 Å². The van der Waals surface area contributed by atoms with Crippen LogP contribution in [-0.2, 0) is 19.0 Å². The molecule has 5 unspecified atom stereocenters. The van der Waals surface area contributed by atoms with Gasteiger partial charge in [0.15, 0.2) is 17.3 Å². The fourth-order valence-electron chi connectivity index (χ4n) is 5.00. The Balaban J connectivity index is 1.58. The molecule has 0 amide bonds. The molecule has 0 radical (unpaired) electrons. The van der Waals surface area contributed by atoms with E-state index in [4.69, 9.17) is 28.1 Å². The molecule has 0 saturated carbocycles. The van der Waals surface area contributed by atoms with Gasteiger partial charge < -0.3 is 74.1 Å². The van der Waals surface area contributed by atoms with Crippen LogP contribution in [0, 0.1) is 0 Å². The molecule has 2 fully saturated rings. The Morgan fingerprint density at radius 2 is 1.43 bits per heavy atom. The molecule has 9 N–H and O–H groups in total. The van der Waals surface area contributed by atoms with Crippen molar-refractivity contribution in [1.82, 2.24) is 0 Å². The fraction of sp³-hybridized carbons (Fsp3) is 0.448. The van der Waals surface area contributed by atoms with Gasteiger partial charge in [0.25, 0.3) is 0 Å². The number of fused-ring (bicyclic) bond motifs is 1. The van der Waals surface area contributed by atoms with E-state index >= 15 is 0 Å². The largest absolute Gasteiger partial charge is 0.507 e. The summed E-state index contributed by atoms with van der Waals surface area (Å²) >= 11 is 0. The summed E-state index contributed by atoms with van der Waals surface area (Å²) in [6.45, 7) is 1.97. The average Bonchev–Trinajstić information content (AvgIpc) is 3.00. The molecule has 0 spiro atoms. The lowest BCUT2D eigenvalue weighted by molar-refractivity contribution is -0.278. The van der Waals surface area contributed by atoms with Crippen molar-refractivity contribution in [2.24, 2.45) is 0 Å². The molecule has 17 heteroatoms. The minimum Gasteiger partial charge on any atom is -0.507 e. The smallest absolute Gasteiger partial charge is 0.302 e. The monoisotopic (exact) mass is 652 g/mol. The van der Waals surface area contributed by atoms with Gasteiger partial charge in [0.05, 0.1) is 6.10 Å². The number of hydrogen-bond donors (Lipinski definition) is 9. The molecule has 2 aliphatic heterocycles. The SMILES string of the molecule is CC(=O)OCC1O[C@@H](Oc2c(-c3ccc(O)c(O)c3)oc3cc(O[C@@H]4OC(C)[C@H](O)[C@H](O)C4O)cc(O)c3c2=O)C(O)C(O)[C@H]1O. The van der Waals surface area contributed by atoms with E-state index in [1.165, 1.54) is 13.0 Å². The van der Waals surface area contributed by atoms with Gasteiger partial charge in [-0.1, -0.05) is 0 Å². The van der Waals surface area contributed by atoms with Crippen LogP contribution >= 0.6 is 0 Å². The van der Waals surface area contributed by atoms with Crippen LogP contribution in [0.15, 0.2) is 39.5 Å². The van der Waals surface area contributed by atoms with Gasteiger partial charge in [-0.05, 0) is 25.1 Å². The third-order valence-corrected chi connectivity index (χ3v) is 7.56. The Kier molecular flexibility index (Phi) is 9.30. The highest BCUT2D eigenvalue weighted by molar-refractivity contribution is 5.88. The Morgan fingerprint density at radius 3 is 2.09 bits per heavy atom. The third kappa shape index (κ3) is 6.26. The van der Waals surface area contributed by atoms with Crippen LogP contribution in [0.25, 0.3) is 22.3 Å². The molecule has 10 atom stereocenters. The molecule has 0 aliphatic carbocycles. The second-order valence-corrected chi connectivity index (χ2v) is 10.8. The van der Waals surface area contributed by atoms with E-state index in [0.717, 1.165) is 31.2 Å². The summed E-state index contributed by atoms with van der Waals surface area (Å²) in [7, 11) is 0. The van der Waals surface area contributed by atoms with Crippen molar-refractivity contribution >= 4 is 16.9 Å². The van der Waals surface area contributed by atoms with Crippen LogP contribution in [0.2, 0.25) is 0 Å². The predicted molar refractivity (Wildman–Crippen MR) is 150 cm³/mol. The normalized spacial score (nSPS) is 31.4. The number of aromatic hydroxyl groups is 3. The number of ether oxygens (including phenoxy) is 5. The number of carbonyl (C=O) groups excluding carboxylic acids is 1. The van der Waals surface area contributed by atoms with Gasteiger partial charge in [-0.25, -0.2) is 0 Å². The summed E-state index contributed by atoms with van der Waals surface area (Å²) in [5, 5.41) is 92.1. The number of phenolic OH excluding ortho intramolecular Hbond substituents is 3. The summed E-state index contributed by atoms with van der Waals surface area (Å²) in [6, 6.07) is 5.40. The van der Waals surface area contributed by atoms with E-state index in [1.54, 1.807) is 0 Å². The van der Waals surface area contributed by atoms with Crippen molar-refractivity contribution in [2.75, 3.05) is 6.61 Å². The maximum atomic E-state index is 13.9. The summed E-state index contributed by atoms with van der Waals surface area (Å²) in [5.41, 5.74) is -1.45. The first-order valence-corrected chi connectivity index (χ1v) is 13.9. The van der Waals surface area contributed by atoms with E-state index in [-0.39, 0.29) is 16.9 Å². The average molecular weight is 653 g/mol. The quantitative estimate of drug-likeness (QED) is 0.104. The van der Waals surface area contributed by atoms with Crippen molar-refractivity contribution in [3.8, 4) is 40.1 Å². The molecule has 1 aromatic heterocycles. The van der Waals surface area contributed by atoms with Crippen molar-refractivity contribution in [2.45, 2.75) is 75.3 Å². The van der Waals surface area contributed by atoms with Crippen molar-refractivity contribution in [1.29, 1.82) is 0 Å². The van der Waals surface area contributed by atoms with Gasteiger partial charge in [0.1, 0.15) is 71.8 Å². The number of phenols is 3. The lowest BCUT2D eigenvalue weighted by Gasteiger charge is -2.39. The number of esters is 1. The predicted octanol–water partition coefficient (Wildman–Crippen LogP) is -1.47. The molecule has 5 rings (SSSR count). The van der Waals surface area contributed by atoms with E-state index in [2.05, 4.69) is 0 Å². The van der Waals surface area contributed by atoms with Gasteiger partial charge >= 0.3 is 5.97 Å². The van der Waals surface area contributed by atoms with Gasteiger partial charge in [0.2, 0.25) is 23.8 Å². The Bertz CT molecular complexity index is 1650. The van der Waals surface area contributed by atoms with E-state index < -0.39 is 114 Å². The molecule has 3 heterocycles. The fourth-order valence-corrected chi connectivity index (χ4v) is 5.00. The molecule has 250 valence electrons. The first kappa shape index (κ1) is 33.2. The summed E-state index contributed by atoms with van der Waals surface area (Å²) < 4.78 is 33.0. The van der Waals surface area contributed by atoms with Gasteiger partial charge in [0, 0.05) is 24.6 Å². The lowest BCUT2D eigenvalue weighted by atomic mass is 9.99. The number of rotatable bonds is 7. The third-order valence-electron chi connectivity index (χ3n) is 7.56. The van der Waals surface area contributed by atoms with E-state index in [9.17, 15) is 55.5 Å². The zero-order valence-electron chi connectivity index (χ0n) is 24.2. The standard InChI is InChI=1S/C29H32O17/c1-9-19(34)22(37)24(39)28(42-9)43-12-6-15(33)18-16(7-12)44-26(11-3-4-13(31)14(32)5-11)27(21(18)36)46-29-25(40)23(38)20(35)17(45-29)8-41-10(2)30/h3-7,9,17,19-20,22-25,28-29,31-35,37-40H,8H2,1-2H3/t9?,17?,19-,20-,22-,23?,24?,25?,28-,29-/m0/s1. The van der Waals surface area contributed by atoms with Crippen molar-refractivity contribution in [3.05, 3.63) is 40.6 Å². The summed E-state index contributed by atoms with van der Waals surface area (Å²) in [5.74, 6) is -3.96. The number of aliphatic hydroxyl groups excluding tert-OH is 6. The molecule has 0 bridgehead atoms. The van der Waals surface area contributed by atoms with Gasteiger partial charge in [-0.15, -0.1) is 0 Å². The first-order valence-electron chi connectivity index (χ1n) is 13.9. The number of carbonyl (C=O) groups is 1. The van der Waals surface area contributed by atoms with Gasteiger partial charge in [-0.2, -0.15) is 0 Å². The second kappa shape index (κ2) is 12.9. The summed E-state index contributed by atoms with van der Waals surface area (Å²) in [4.78, 5) is 25.1. The van der Waals surface area contributed by atoms with Crippen molar-refractivity contribution in [3.63, 3.8) is 0 Å². The molecule has 2 saturated heterocycles. The molecule has 46 heavy (non-hydrogen) atoms. The van der Waals surface area contributed by atoms with E-state index in [0.29, 0.717) is 0 Å². The Labute approximate surface area is 258 Å². The molecule has 2 aliphatic rings. The van der Waals surface area contributed by atoms with Crippen LogP contribution in [0.5, 0.6) is 28.7 Å². The zero-order valence-corrected chi connectivity index (χ0v) is 24.2. The van der Waals surface area contributed by atoms with Crippen LogP contribution in [0.3, 0.4) is 0 Å². The topological polar surface area (TPSA) is 275 Å². The van der Waals surface area contributed by atoms with Crippen LogP contribution in [0.4, 0.5) is 0 Å². The van der Waals surface area contributed by atoms with Gasteiger partial charge in [-0.3, -0.25) is 9.59 Å². The molecular formula is C29H32O17. The maximum Gasteiger partial charge on any atom is 0.302 e. The molecule has 17 nitrogen and oxygen atoms in total. The number of hydrogen-bond acceptors (Lipinski definition) is 17. The highest BCUT2D eigenvalue weighted by Crippen LogP contribution is 2.40. The highest BCUT2D eigenvalue weighted by atomic mass is 16.7. The second-order valence-electron chi connectivity index (χ2n) is 10.8. The Hall–Kier alpha value is -4.20. The molecular weight excluding hydrogens is 620 g/mol. The summed E-state index contributed by atoms with van der Waals surface area (Å²) in [6.07, 6.45) is -16.1. The highest BCUT2D eigenvalue weighted by Gasteiger charge is 2.46. The van der Waals surface area contributed by atoms with Crippen LogP contribution in [0.1, 0.15) is 13.8 Å². The number of aliphatic hydroxyl groups is 6. The lowest BCUT2D eigenvalue weighted by Crippen LogP contribution is -2.60.